The van der Waals surface area contributed by atoms with Gasteiger partial charge < -0.3 is 0 Å². The molecule has 0 aliphatic heterocycles. The number of carbonyl (C=O) groups excluding carboxylic acids is 1. The zero-order chi connectivity index (χ0) is 13.1. The lowest BCUT2D eigenvalue weighted by molar-refractivity contribution is 0.0993. The summed E-state index contributed by atoms with van der Waals surface area (Å²) in [5, 5.41) is 0.922. The Kier molecular flexibility index (Phi) is 4.38. The molecule has 1 heterocycles. The zero-order valence-corrected chi connectivity index (χ0v) is 12.3. The van der Waals surface area contributed by atoms with Gasteiger partial charge in [-0.1, -0.05) is 39.1 Å². The van der Waals surface area contributed by atoms with E-state index < -0.39 is 0 Å². The molecule has 92 valence electrons. The van der Waals surface area contributed by atoms with Gasteiger partial charge in [-0.2, -0.15) is 0 Å². The molecule has 0 radical (unpaired) electrons. The Labute approximate surface area is 123 Å². The SMILES string of the molecule is O=C(Cc1ccncc1Cl)c1cc(Br)ccc1Cl. The highest BCUT2D eigenvalue weighted by Gasteiger charge is 2.13. The van der Waals surface area contributed by atoms with E-state index >= 15 is 0 Å². The molecule has 0 saturated carbocycles. The lowest BCUT2D eigenvalue weighted by atomic mass is 10.0. The van der Waals surface area contributed by atoms with E-state index in [1.54, 1.807) is 30.5 Å². The van der Waals surface area contributed by atoms with Crippen LogP contribution >= 0.6 is 39.1 Å². The minimum atomic E-state index is -0.0746. The first-order valence-electron chi connectivity index (χ1n) is 5.14. The third kappa shape index (κ3) is 3.10. The number of hydrogen-bond donors (Lipinski definition) is 0. The normalized spacial score (nSPS) is 10.4. The first-order valence-corrected chi connectivity index (χ1v) is 6.69. The van der Waals surface area contributed by atoms with Crippen LogP contribution in [0.3, 0.4) is 0 Å². The molecule has 0 spiro atoms. The fraction of sp³-hybridized carbons (Fsp3) is 0.0769. The van der Waals surface area contributed by atoms with E-state index in [9.17, 15) is 4.79 Å². The molecule has 0 aliphatic carbocycles. The monoisotopic (exact) mass is 343 g/mol. The van der Waals surface area contributed by atoms with Gasteiger partial charge in [0.2, 0.25) is 0 Å². The van der Waals surface area contributed by atoms with Crippen LogP contribution in [0, 0.1) is 0 Å². The van der Waals surface area contributed by atoms with Gasteiger partial charge in [0.05, 0.1) is 10.0 Å². The highest BCUT2D eigenvalue weighted by Crippen LogP contribution is 2.23. The summed E-state index contributed by atoms with van der Waals surface area (Å²) in [6, 6.07) is 6.91. The third-order valence-electron chi connectivity index (χ3n) is 2.44. The molecule has 1 aromatic carbocycles. The number of pyridine rings is 1. The molecule has 0 bridgehead atoms. The lowest BCUT2D eigenvalue weighted by Gasteiger charge is -2.05. The average Bonchev–Trinajstić information content (AvgIpc) is 2.35. The highest BCUT2D eigenvalue weighted by molar-refractivity contribution is 9.10. The summed E-state index contributed by atoms with van der Waals surface area (Å²) in [5.74, 6) is -0.0746. The molecule has 0 saturated heterocycles. The van der Waals surface area contributed by atoms with E-state index in [0.29, 0.717) is 15.6 Å². The second-order valence-corrected chi connectivity index (χ2v) is 5.42. The second kappa shape index (κ2) is 5.83. The van der Waals surface area contributed by atoms with Crippen molar-refractivity contribution in [1.29, 1.82) is 0 Å². The second-order valence-electron chi connectivity index (χ2n) is 3.69. The maximum Gasteiger partial charge on any atom is 0.168 e. The molecule has 0 fully saturated rings. The standard InChI is InChI=1S/C13H8BrCl2NO/c14-9-1-2-11(15)10(6-9)13(18)5-8-3-4-17-7-12(8)16/h1-4,6-7H,5H2. The molecule has 0 atom stereocenters. The van der Waals surface area contributed by atoms with Gasteiger partial charge >= 0.3 is 0 Å². The molecule has 5 heteroatoms. The molecule has 0 N–H and O–H groups in total. The molecular weight excluding hydrogens is 337 g/mol. The predicted octanol–water partition coefficient (Wildman–Crippen LogP) is 4.58. The highest BCUT2D eigenvalue weighted by atomic mass is 79.9. The van der Waals surface area contributed by atoms with Crippen LogP contribution in [0.2, 0.25) is 10.0 Å². The van der Waals surface area contributed by atoms with E-state index in [1.807, 2.05) is 0 Å². The van der Waals surface area contributed by atoms with Gasteiger partial charge in [-0.25, -0.2) is 0 Å². The van der Waals surface area contributed by atoms with Gasteiger partial charge in [0, 0.05) is 28.9 Å². The maximum atomic E-state index is 12.2. The number of halogens is 3. The van der Waals surface area contributed by atoms with Crippen LogP contribution in [0.25, 0.3) is 0 Å². The Morgan fingerprint density at radius 1 is 1.22 bits per heavy atom. The summed E-state index contributed by atoms with van der Waals surface area (Å²) in [6.07, 6.45) is 3.33. The maximum absolute atomic E-state index is 12.2. The van der Waals surface area contributed by atoms with E-state index in [4.69, 9.17) is 23.2 Å². The largest absolute Gasteiger partial charge is 0.294 e. The Hall–Kier alpha value is -0.900. The van der Waals surface area contributed by atoms with Crippen LogP contribution in [-0.4, -0.2) is 10.8 Å². The quantitative estimate of drug-likeness (QED) is 0.763. The summed E-state index contributed by atoms with van der Waals surface area (Å²) in [5.41, 5.74) is 1.23. The van der Waals surface area contributed by atoms with Crippen LogP contribution < -0.4 is 0 Å². The number of carbonyl (C=O) groups is 1. The van der Waals surface area contributed by atoms with Gasteiger partial charge in [-0.05, 0) is 29.8 Å². The molecule has 18 heavy (non-hydrogen) atoms. The van der Waals surface area contributed by atoms with Crippen molar-refractivity contribution in [2.45, 2.75) is 6.42 Å². The number of rotatable bonds is 3. The van der Waals surface area contributed by atoms with Gasteiger partial charge in [-0.15, -0.1) is 0 Å². The Balaban J connectivity index is 2.28. The van der Waals surface area contributed by atoms with Crippen molar-refractivity contribution in [3.63, 3.8) is 0 Å². The summed E-state index contributed by atoms with van der Waals surface area (Å²) >= 11 is 15.3. The van der Waals surface area contributed by atoms with Gasteiger partial charge in [0.25, 0.3) is 0 Å². The number of hydrogen-bond acceptors (Lipinski definition) is 2. The van der Waals surface area contributed by atoms with E-state index in [0.717, 1.165) is 10.0 Å². The Bertz CT molecular complexity index is 601. The molecule has 1 aromatic heterocycles. The van der Waals surface area contributed by atoms with E-state index in [2.05, 4.69) is 20.9 Å². The van der Waals surface area contributed by atoms with Crippen LogP contribution in [0.1, 0.15) is 15.9 Å². The smallest absolute Gasteiger partial charge is 0.168 e. The van der Waals surface area contributed by atoms with Gasteiger partial charge in [0.1, 0.15) is 0 Å². The van der Waals surface area contributed by atoms with Crippen molar-refractivity contribution >= 4 is 44.9 Å². The lowest BCUT2D eigenvalue weighted by Crippen LogP contribution is -2.05. The number of aromatic nitrogens is 1. The van der Waals surface area contributed by atoms with Crippen molar-refractivity contribution in [2.75, 3.05) is 0 Å². The topological polar surface area (TPSA) is 30.0 Å². The average molecular weight is 345 g/mol. The Morgan fingerprint density at radius 2 is 2.00 bits per heavy atom. The first kappa shape index (κ1) is 13.5. The molecule has 2 rings (SSSR count). The van der Waals surface area contributed by atoms with E-state index in [1.165, 1.54) is 6.20 Å². The molecule has 0 aliphatic rings. The molecular formula is C13H8BrCl2NO. The van der Waals surface area contributed by atoms with E-state index in [-0.39, 0.29) is 12.2 Å². The number of nitrogens with zero attached hydrogens (tertiary/aromatic N) is 1. The first-order chi connectivity index (χ1) is 8.58. The molecule has 2 aromatic rings. The minimum absolute atomic E-state index is 0.0746. The predicted molar refractivity (Wildman–Crippen MR) is 76.4 cm³/mol. The summed E-state index contributed by atoms with van der Waals surface area (Å²) in [4.78, 5) is 16.0. The fourth-order valence-electron chi connectivity index (χ4n) is 1.53. The summed E-state index contributed by atoms with van der Waals surface area (Å²) < 4.78 is 0.816. The van der Waals surface area contributed by atoms with Crippen LogP contribution in [0.15, 0.2) is 41.1 Å². The summed E-state index contributed by atoms with van der Waals surface area (Å²) in [7, 11) is 0. The van der Waals surface area contributed by atoms with Crippen molar-refractivity contribution in [3.05, 3.63) is 62.3 Å². The number of benzene rings is 1. The van der Waals surface area contributed by atoms with Crippen molar-refractivity contribution in [1.82, 2.24) is 4.98 Å². The summed E-state index contributed by atoms with van der Waals surface area (Å²) in [6.45, 7) is 0. The van der Waals surface area contributed by atoms with Crippen molar-refractivity contribution < 1.29 is 4.79 Å². The van der Waals surface area contributed by atoms with Crippen LogP contribution in [0.5, 0.6) is 0 Å². The molecule has 0 unspecified atom stereocenters. The number of ketones is 1. The van der Waals surface area contributed by atoms with Crippen molar-refractivity contribution in [2.24, 2.45) is 0 Å². The Morgan fingerprint density at radius 3 is 2.72 bits per heavy atom. The molecule has 2 nitrogen and oxygen atoms in total. The van der Waals surface area contributed by atoms with Gasteiger partial charge in [-0.3, -0.25) is 9.78 Å². The molecule has 0 amide bonds. The van der Waals surface area contributed by atoms with Crippen LogP contribution in [0.4, 0.5) is 0 Å². The third-order valence-corrected chi connectivity index (χ3v) is 3.60. The fourth-order valence-corrected chi connectivity index (χ4v) is 2.30. The zero-order valence-electron chi connectivity index (χ0n) is 9.16. The van der Waals surface area contributed by atoms with Gasteiger partial charge in [0.15, 0.2) is 5.78 Å². The van der Waals surface area contributed by atoms with Crippen LogP contribution in [-0.2, 0) is 6.42 Å². The van der Waals surface area contributed by atoms with Crippen molar-refractivity contribution in [3.8, 4) is 0 Å². The minimum Gasteiger partial charge on any atom is -0.294 e. The number of Topliss-reactive ketones (excluding diaryl/α,β-unsaturated/α-hetero) is 1.